The first-order valence-electron chi connectivity index (χ1n) is 7.32. The first-order chi connectivity index (χ1) is 10.4. The monoisotopic (exact) mass is 316 g/mol. The van der Waals surface area contributed by atoms with Crippen LogP contribution < -0.4 is 5.32 Å². The molecule has 1 saturated heterocycles. The highest BCUT2D eigenvalue weighted by atomic mass is 32.2. The third kappa shape index (κ3) is 4.25. The van der Waals surface area contributed by atoms with Gasteiger partial charge in [0.15, 0.2) is 0 Å². The van der Waals surface area contributed by atoms with Gasteiger partial charge in [-0.25, -0.2) is 0 Å². The van der Waals surface area contributed by atoms with Gasteiger partial charge in [-0.15, -0.1) is 0 Å². The zero-order valence-electron chi connectivity index (χ0n) is 11.9. The highest BCUT2D eigenvalue weighted by Crippen LogP contribution is 2.25. The minimum atomic E-state index is 0.180. The molecule has 2 heterocycles. The van der Waals surface area contributed by atoms with Gasteiger partial charge in [-0.2, -0.15) is 23.5 Å². The van der Waals surface area contributed by atoms with E-state index in [4.69, 9.17) is 0 Å². The number of hydrogen-bond donors (Lipinski definition) is 1. The molecule has 110 valence electrons. The average Bonchev–Trinajstić information content (AvgIpc) is 2.58. The van der Waals surface area contributed by atoms with E-state index in [0.717, 1.165) is 12.2 Å². The van der Waals surface area contributed by atoms with Gasteiger partial charge in [-0.3, -0.25) is 4.98 Å². The van der Waals surface area contributed by atoms with Crippen LogP contribution in [0.4, 0.5) is 0 Å². The number of benzene rings is 1. The van der Waals surface area contributed by atoms with Crippen molar-refractivity contribution in [3.8, 4) is 0 Å². The van der Waals surface area contributed by atoms with Gasteiger partial charge in [-0.1, -0.05) is 36.4 Å². The summed E-state index contributed by atoms with van der Waals surface area (Å²) in [5.74, 6) is 3.82. The summed E-state index contributed by atoms with van der Waals surface area (Å²) in [6.45, 7) is 1.04. The lowest BCUT2D eigenvalue weighted by molar-refractivity contribution is 0.593. The highest BCUT2D eigenvalue weighted by Gasteiger charge is 2.19. The van der Waals surface area contributed by atoms with Crippen molar-refractivity contribution < 1.29 is 0 Å². The number of pyridine rings is 1. The smallest absolute Gasteiger partial charge is 0.0751 e. The SMILES string of the molecule is c1ccc(C(NCC2CSCCS2)c2ccccn2)cc1. The predicted octanol–water partition coefficient (Wildman–Crippen LogP) is 3.61. The van der Waals surface area contributed by atoms with E-state index in [0.29, 0.717) is 5.25 Å². The summed E-state index contributed by atoms with van der Waals surface area (Å²) in [7, 11) is 0. The molecule has 1 N–H and O–H groups in total. The molecule has 1 fully saturated rings. The maximum atomic E-state index is 4.54. The fourth-order valence-corrected chi connectivity index (χ4v) is 5.11. The van der Waals surface area contributed by atoms with Crippen LogP contribution in [0.2, 0.25) is 0 Å². The molecule has 1 aromatic carbocycles. The molecule has 0 aliphatic carbocycles. The molecule has 2 unspecified atom stereocenters. The Hall–Kier alpha value is -0.970. The van der Waals surface area contributed by atoms with Crippen LogP contribution in [0.1, 0.15) is 17.3 Å². The molecule has 3 rings (SSSR count). The minimum Gasteiger partial charge on any atom is -0.304 e. The van der Waals surface area contributed by atoms with Crippen LogP contribution in [0.15, 0.2) is 54.7 Å². The highest BCUT2D eigenvalue weighted by molar-refractivity contribution is 8.06. The average molecular weight is 316 g/mol. The molecule has 0 radical (unpaired) electrons. The summed E-state index contributed by atoms with van der Waals surface area (Å²) in [5.41, 5.74) is 2.38. The molecule has 0 spiro atoms. The van der Waals surface area contributed by atoms with Gasteiger partial charge < -0.3 is 5.32 Å². The van der Waals surface area contributed by atoms with Gasteiger partial charge in [0.05, 0.1) is 11.7 Å². The number of nitrogens with one attached hydrogen (secondary N) is 1. The Bertz CT molecular complexity index is 488. The lowest BCUT2D eigenvalue weighted by Gasteiger charge is -2.25. The van der Waals surface area contributed by atoms with Crippen LogP contribution in [0.5, 0.6) is 0 Å². The minimum absolute atomic E-state index is 0.180. The van der Waals surface area contributed by atoms with Crippen molar-refractivity contribution in [1.82, 2.24) is 10.3 Å². The van der Waals surface area contributed by atoms with Crippen LogP contribution in [-0.2, 0) is 0 Å². The van der Waals surface area contributed by atoms with Crippen molar-refractivity contribution in [1.29, 1.82) is 0 Å². The third-order valence-corrected chi connectivity index (χ3v) is 6.40. The van der Waals surface area contributed by atoms with E-state index in [1.165, 1.54) is 22.8 Å². The summed E-state index contributed by atoms with van der Waals surface area (Å²) >= 11 is 4.16. The standard InChI is InChI=1S/C17H20N2S2/c1-2-6-14(7-3-1)17(16-8-4-5-9-18-16)19-12-15-13-20-10-11-21-15/h1-9,15,17,19H,10-13H2. The molecule has 0 amide bonds. The number of rotatable bonds is 5. The van der Waals surface area contributed by atoms with E-state index in [1.54, 1.807) is 0 Å². The molecule has 21 heavy (non-hydrogen) atoms. The van der Waals surface area contributed by atoms with Crippen LogP contribution in [-0.4, -0.2) is 34.0 Å². The Balaban J connectivity index is 1.73. The number of aromatic nitrogens is 1. The van der Waals surface area contributed by atoms with Gasteiger partial charge in [0, 0.05) is 35.3 Å². The quantitative estimate of drug-likeness (QED) is 0.911. The fourth-order valence-electron chi connectivity index (χ4n) is 2.49. The van der Waals surface area contributed by atoms with Crippen molar-refractivity contribution in [3.63, 3.8) is 0 Å². The summed E-state index contributed by atoms with van der Waals surface area (Å²) in [6.07, 6.45) is 1.87. The van der Waals surface area contributed by atoms with Crippen molar-refractivity contribution in [3.05, 3.63) is 66.0 Å². The molecule has 2 nitrogen and oxygen atoms in total. The Morgan fingerprint density at radius 3 is 2.67 bits per heavy atom. The Labute approximate surface area is 135 Å². The summed E-state index contributed by atoms with van der Waals surface area (Å²) in [4.78, 5) is 4.54. The summed E-state index contributed by atoms with van der Waals surface area (Å²) < 4.78 is 0. The number of thioether (sulfide) groups is 2. The Morgan fingerprint density at radius 2 is 1.95 bits per heavy atom. The first kappa shape index (κ1) is 14.9. The third-order valence-electron chi connectivity index (χ3n) is 3.55. The number of nitrogens with zero attached hydrogens (tertiary/aromatic N) is 1. The predicted molar refractivity (Wildman–Crippen MR) is 94.1 cm³/mol. The topological polar surface area (TPSA) is 24.9 Å². The number of hydrogen-bond acceptors (Lipinski definition) is 4. The summed E-state index contributed by atoms with van der Waals surface area (Å²) in [5, 5.41) is 4.43. The van der Waals surface area contributed by atoms with Gasteiger partial charge >= 0.3 is 0 Å². The fraction of sp³-hybridized carbons (Fsp3) is 0.353. The van der Waals surface area contributed by atoms with Gasteiger partial charge in [0.2, 0.25) is 0 Å². The molecule has 0 bridgehead atoms. The normalized spacial score (nSPS) is 20.1. The van der Waals surface area contributed by atoms with Crippen LogP contribution in [0.25, 0.3) is 0 Å². The first-order valence-corrected chi connectivity index (χ1v) is 9.52. The van der Waals surface area contributed by atoms with E-state index in [2.05, 4.69) is 76.3 Å². The van der Waals surface area contributed by atoms with Crippen molar-refractivity contribution >= 4 is 23.5 Å². The molecule has 2 atom stereocenters. The van der Waals surface area contributed by atoms with Crippen LogP contribution in [0, 0.1) is 0 Å². The van der Waals surface area contributed by atoms with Crippen molar-refractivity contribution in [2.75, 3.05) is 23.8 Å². The molecule has 0 saturated carbocycles. The molecule has 2 aromatic rings. The van der Waals surface area contributed by atoms with Crippen molar-refractivity contribution in [2.24, 2.45) is 0 Å². The largest absolute Gasteiger partial charge is 0.304 e. The van der Waals surface area contributed by atoms with E-state index < -0.39 is 0 Å². The van der Waals surface area contributed by atoms with Gasteiger partial charge in [-0.05, 0) is 17.7 Å². The summed E-state index contributed by atoms with van der Waals surface area (Å²) in [6, 6.07) is 16.9. The van der Waals surface area contributed by atoms with Gasteiger partial charge in [0.1, 0.15) is 0 Å². The maximum absolute atomic E-state index is 4.54. The molecular formula is C17H20N2S2. The molecule has 1 aromatic heterocycles. The van der Waals surface area contributed by atoms with E-state index >= 15 is 0 Å². The zero-order chi connectivity index (χ0) is 14.3. The zero-order valence-corrected chi connectivity index (χ0v) is 13.6. The molecule has 4 heteroatoms. The molecular weight excluding hydrogens is 296 g/mol. The lowest BCUT2D eigenvalue weighted by Crippen LogP contribution is -2.32. The second-order valence-corrected chi connectivity index (χ2v) is 7.63. The Kier molecular flexibility index (Phi) is 5.60. The second kappa shape index (κ2) is 7.87. The van der Waals surface area contributed by atoms with E-state index in [9.17, 15) is 0 Å². The van der Waals surface area contributed by atoms with Crippen LogP contribution >= 0.6 is 23.5 Å². The molecule has 1 aliphatic heterocycles. The van der Waals surface area contributed by atoms with Crippen LogP contribution in [0.3, 0.4) is 0 Å². The Morgan fingerprint density at radius 1 is 1.10 bits per heavy atom. The van der Waals surface area contributed by atoms with Crippen molar-refractivity contribution in [2.45, 2.75) is 11.3 Å². The van der Waals surface area contributed by atoms with Gasteiger partial charge in [0.25, 0.3) is 0 Å². The molecule has 1 aliphatic rings. The van der Waals surface area contributed by atoms with E-state index in [1.807, 2.05) is 12.3 Å². The second-order valence-electron chi connectivity index (χ2n) is 5.07. The maximum Gasteiger partial charge on any atom is 0.0751 e. The van der Waals surface area contributed by atoms with E-state index in [-0.39, 0.29) is 6.04 Å². The lowest BCUT2D eigenvalue weighted by atomic mass is 10.0.